The first-order valence-corrected chi connectivity index (χ1v) is 4.90. The smallest absolute Gasteiger partial charge is 0.323 e. The molecule has 1 aromatic rings. The molecule has 1 aromatic carbocycles. The molecule has 0 fully saturated rings. The Hall–Kier alpha value is -2.11. The summed E-state index contributed by atoms with van der Waals surface area (Å²) in [5.74, 6) is -1.69. The average Bonchev–Trinajstić information content (AvgIpc) is 2.21. The number of hydrogen-bond acceptors (Lipinski definition) is 2. The molecule has 17 heavy (non-hydrogen) atoms. The molecule has 0 radical (unpaired) electrons. The summed E-state index contributed by atoms with van der Waals surface area (Å²) >= 11 is 0. The highest BCUT2D eigenvalue weighted by Gasteiger charge is 2.13. The number of likely N-dealkylation sites (N-methyl/N-ethyl adjacent to an activating group) is 1. The molecule has 6 heteroatoms. The molecule has 1 rings (SSSR count). The first-order valence-electron chi connectivity index (χ1n) is 4.90. The third-order valence-corrected chi connectivity index (χ3v) is 2.09. The standard InChI is InChI=1S/C11H13FN2O3/c1-7-3-4-9(8(12)5-7)13-11(17)14(2)6-10(15)16/h3-5H,6H2,1-2H3,(H,13,17)(H,15,16). The molecule has 0 atom stereocenters. The van der Waals surface area contributed by atoms with E-state index in [9.17, 15) is 14.0 Å². The van der Waals surface area contributed by atoms with Crippen LogP contribution >= 0.6 is 0 Å². The number of hydrogen-bond donors (Lipinski definition) is 2. The van der Waals surface area contributed by atoms with Gasteiger partial charge >= 0.3 is 12.0 Å². The first-order chi connectivity index (χ1) is 7.90. The zero-order valence-corrected chi connectivity index (χ0v) is 9.53. The van der Waals surface area contributed by atoms with Crippen molar-refractivity contribution in [1.29, 1.82) is 0 Å². The second-order valence-corrected chi connectivity index (χ2v) is 3.66. The number of urea groups is 1. The summed E-state index contributed by atoms with van der Waals surface area (Å²) < 4.78 is 13.4. The fourth-order valence-corrected chi connectivity index (χ4v) is 1.21. The van der Waals surface area contributed by atoms with E-state index < -0.39 is 24.4 Å². The van der Waals surface area contributed by atoms with E-state index in [4.69, 9.17) is 5.11 Å². The molecule has 0 spiro atoms. The van der Waals surface area contributed by atoms with E-state index in [2.05, 4.69) is 5.32 Å². The molecule has 0 aliphatic rings. The number of nitrogens with zero attached hydrogens (tertiary/aromatic N) is 1. The van der Waals surface area contributed by atoms with Gasteiger partial charge in [-0.25, -0.2) is 9.18 Å². The fraction of sp³-hybridized carbons (Fsp3) is 0.273. The second-order valence-electron chi connectivity index (χ2n) is 3.66. The monoisotopic (exact) mass is 240 g/mol. The fourth-order valence-electron chi connectivity index (χ4n) is 1.21. The molecule has 5 nitrogen and oxygen atoms in total. The van der Waals surface area contributed by atoms with Gasteiger partial charge in [0.05, 0.1) is 5.69 Å². The Morgan fingerprint density at radius 3 is 2.65 bits per heavy atom. The molecule has 0 aliphatic carbocycles. The lowest BCUT2D eigenvalue weighted by atomic mass is 10.2. The van der Waals surface area contributed by atoms with E-state index in [0.717, 1.165) is 10.5 Å². The number of carbonyl (C=O) groups excluding carboxylic acids is 1. The van der Waals surface area contributed by atoms with Gasteiger partial charge in [0.25, 0.3) is 0 Å². The molecule has 0 aromatic heterocycles. The van der Waals surface area contributed by atoms with Gasteiger partial charge in [0.15, 0.2) is 0 Å². The zero-order chi connectivity index (χ0) is 13.0. The number of benzene rings is 1. The van der Waals surface area contributed by atoms with Gasteiger partial charge in [0.1, 0.15) is 12.4 Å². The van der Waals surface area contributed by atoms with Gasteiger partial charge in [0.2, 0.25) is 0 Å². The molecule has 0 unspecified atom stereocenters. The van der Waals surface area contributed by atoms with Crippen LogP contribution in [0.3, 0.4) is 0 Å². The van der Waals surface area contributed by atoms with Gasteiger partial charge in [-0.1, -0.05) is 6.07 Å². The van der Waals surface area contributed by atoms with Crippen LogP contribution < -0.4 is 5.32 Å². The summed E-state index contributed by atoms with van der Waals surface area (Å²) in [6, 6.07) is 3.69. The van der Waals surface area contributed by atoms with Crippen LogP contribution in [0.25, 0.3) is 0 Å². The second kappa shape index (κ2) is 5.29. The van der Waals surface area contributed by atoms with Crippen LogP contribution in [0, 0.1) is 12.7 Å². The van der Waals surface area contributed by atoms with Gasteiger partial charge in [-0.3, -0.25) is 4.79 Å². The molecule has 0 aliphatic heterocycles. The molecule has 0 heterocycles. The van der Waals surface area contributed by atoms with Crippen molar-refractivity contribution in [2.45, 2.75) is 6.92 Å². The van der Waals surface area contributed by atoms with Crippen molar-refractivity contribution in [3.8, 4) is 0 Å². The van der Waals surface area contributed by atoms with E-state index in [0.29, 0.717) is 0 Å². The number of halogens is 1. The van der Waals surface area contributed by atoms with Crippen molar-refractivity contribution in [1.82, 2.24) is 4.90 Å². The number of carboxylic acids is 1. The molecule has 2 amide bonds. The van der Waals surface area contributed by atoms with Crippen LogP contribution in [-0.4, -0.2) is 35.6 Å². The maximum atomic E-state index is 13.4. The van der Waals surface area contributed by atoms with Gasteiger partial charge in [-0.2, -0.15) is 0 Å². The maximum Gasteiger partial charge on any atom is 0.323 e. The van der Waals surface area contributed by atoms with E-state index in [-0.39, 0.29) is 5.69 Å². The lowest BCUT2D eigenvalue weighted by Gasteiger charge is -2.15. The summed E-state index contributed by atoms with van der Waals surface area (Å²) in [5.41, 5.74) is 0.761. The summed E-state index contributed by atoms with van der Waals surface area (Å²) in [7, 11) is 1.32. The van der Waals surface area contributed by atoms with Crippen LogP contribution in [0.2, 0.25) is 0 Å². The molecular formula is C11H13FN2O3. The van der Waals surface area contributed by atoms with Crippen molar-refractivity contribution in [2.75, 3.05) is 18.9 Å². The number of anilines is 1. The van der Waals surface area contributed by atoms with Crippen molar-refractivity contribution >= 4 is 17.7 Å². The molecule has 0 saturated carbocycles. The van der Waals surface area contributed by atoms with Crippen LogP contribution in [0.5, 0.6) is 0 Å². The summed E-state index contributed by atoms with van der Waals surface area (Å²) in [5, 5.41) is 10.8. The zero-order valence-electron chi connectivity index (χ0n) is 9.53. The van der Waals surface area contributed by atoms with E-state index in [1.807, 2.05) is 0 Å². The van der Waals surface area contributed by atoms with Crippen LogP contribution in [0.4, 0.5) is 14.9 Å². The number of carboxylic acid groups (broad SMARTS) is 1. The van der Waals surface area contributed by atoms with Gasteiger partial charge in [-0.05, 0) is 24.6 Å². The number of aliphatic carboxylic acids is 1. The number of amides is 2. The average molecular weight is 240 g/mol. The number of carbonyl (C=O) groups is 2. The third-order valence-electron chi connectivity index (χ3n) is 2.09. The minimum atomic E-state index is -1.13. The van der Waals surface area contributed by atoms with Crippen LogP contribution in [-0.2, 0) is 4.79 Å². The molecular weight excluding hydrogens is 227 g/mol. The minimum Gasteiger partial charge on any atom is -0.480 e. The lowest BCUT2D eigenvalue weighted by molar-refractivity contribution is -0.137. The number of rotatable bonds is 3. The maximum absolute atomic E-state index is 13.4. The van der Waals surface area contributed by atoms with Crippen LogP contribution in [0.15, 0.2) is 18.2 Å². The van der Waals surface area contributed by atoms with Crippen molar-refractivity contribution in [3.05, 3.63) is 29.6 Å². The Bertz CT molecular complexity index is 448. The summed E-state index contributed by atoms with van der Waals surface area (Å²) in [6.07, 6.45) is 0. The molecule has 0 bridgehead atoms. The highest BCUT2D eigenvalue weighted by Crippen LogP contribution is 2.15. The van der Waals surface area contributed by atoms with E-state index in [1.165, 1.54) is 19.2 Å². The van der Waals surface area contributed by atoms with E-state index in [1.54, 1.807) is 13.0 Å². The Morgan fingerprint density at radius 1 is 1.47 bits per heavy atom. The Morgan fingerprint density at radius 2 is 2.12 bits per heavy atom. The third kappa shape index (κ3) is 3.75. The van der Waals surface area contributed by atoms with E-state index >= 15 is 0 Å². The number of nitrogens with one attached hydrogen (secondary N) is 1. The quantitative estimate of drug-likeness (QED) is 0.844. The molecule has 2 N–H and O–H groups in total. The topological polar surface area (TPSA) is 69.6 Å². The summed E-state index contributed by atoms with van der Waals surface area (Å²) in [6.45, 7) is 1.28. The number of aryl methyl sites for hydroxylation is 1. The van der Waals surface area contributed by atoms with Crippen molar-refractivity contribution in [3.63, 3.8) is 0 Å². The van der Waals surface area contributed by atoms with Crippen molar-refractivity contribution in [2.24, 2.45) is 0 Å². The van der Waals surface area contributed by atoms with Crippen molar-refractivity contribution < 1.29 is 19.1 Å². The van der Waals surface area contributed by atoms with Gasteiger partial charge in [-0.15, -0.1) is 0 Å². The highest BCUT2D eigenvalue weighted by molar-refractivity contribution is 5.91. The SMILES string of the molecule is Cc1ccc(NC(=O)N(C)CC(=O)O)c(F)c1. The predicted octanol–water partition coefficient (Wildman–Crippen LogP) is 1.68. The van der Waals surface area contributed by atoms with Gasteiger partial charge in [0, 0.05) is 7.05 Å². The normalized spacial score (nSPS) is 9.82. The largest absolute Gasteiger partial charge is 0.480 e. The highest BCUT2D eigenvalue weighted by atomic mass is 19.1. The molecule has 0 saturated heterocycles. The Balaban J connectivity index is 2.71. The minimum absolute atomic E-state index is 0.0258. The predicted molar refractivity (Wildman–Crippen MR) is 60.4 cm³/mol. The Labute approximate surface area is 97.8 Å². The molecule has 92 valence electrons. The summed E-state index contributed by atoms with van der Waals surface area (Å²) in [4.78, 5) is 22.8. The first kappa shape index (κ1) is 13.0. The lowest BCUT2D eigenvalue weighted by Crippen LogP contribution is -2.35. The van der Waals surface area contributed by atoms with Gasteiger partial charge < -0.3 is 15.3 Å². The van der Waals surface area contributed by atoms with Crippen LogP contribution in [0.1, 0.15) is 5.56 Å². The Kier molecular flexibility index (Phi) is 4.03.